The van der Waals surface area contributed by atoms with E-state index in [1.807, 2.05) is 12.1 Å². The second-order valence-electron chi connectivity index (χ2n) is 12.5. The van der Waals surface area contributed by atoms with Crippen molar-refractivity contribution in [2.75, 3.05) is 6.54 Å². The minimum atomic E-state index is -0.657. The predicted octanol–water partition coefficient (Wildman–Crippen LogP) is 3.30. The quantitative estimate of drug-likeness (QED) is 0.487. The van der Waals surface area contributed by atoms with Crippen molar-refractivity contribution in [3.63, 3.8) is 0 Å². The molecule has 3 saturated carbocycles. The van der Waals surface area contributed by atoms with Crippen LogP contribution in [0.2, 0.25) is 0 Å². The van der Waals surface area contributed by atoms with Gasteiger partial charge in [0, 0.05) is 41.6 Å². The molecule has 11 atom stereocenters. The van der Waals surface area contributed by atoms with Crippen LogP contribution >= 0.6 is 0 Å². The van der Waals surface area contributed by atoms with E-state index in [-0.39, 0.29) is 17.4 Å². The Kier molecular flexibility index (Phi) is 4.55. The largest absolute Gasteiger partial charge is 0.392 e. The van der Waals surface area contributed by atoms with E-state index in [0.29, 0.717) is 41.8 Å². The molecular formula is C28H38N2O3. The van der Waals surface area contributed by atoms with Crippen molar-refractivity contribution >= 4 is 6.29 Å². The van der Waals surface area contributed by atoms with E-state index in [4.69, 9.17) is 0 Å². The highest BCUT2D eigenvalue weighted by Gasteiger charge is 2.73. The minimum absolute atomic E-state index is 0.0834. The van der Waals surface area contributed by atoms with Gasteiger partial charge in [0.2, 0.25) is 0 Å². The molecule has 3 heterocycles. The molecule has 5 nitrogen and oxygen atoms in total. The monoisotopic (exact) mass is 450 g/mol. The summed E-state index contributed by atoms with van der Waals surface area (Å²) in [6, 6.07) is 9.21. The number of benzene rings is 1. The van der Waals surface area contributed by atoms with Crippen LogP contribution in [0.3, 0.4) is 0 Å². The summed E-state index contributed by atoms with van der Waals surface area (Å²) < 4.78 is 0. The molecule has 6 aliphatic rings. The van der Waals surface area contributed by atoms with Crippen LogP contribution in [0.4, 0.5) is 0 Å². The Morgan fingerprint density at radius 3 is 2.61 bits per heavy atom. The Morgan fingerprint density at radius 2 is 1.88 bits per heavy atom. The number of aliphatic hydroxyl groups is 2. The number of carbonyl (C=O) groups is 1. The smallest absolute Gasteiger partial charge is 0.150 e. The summed E-state index contributed by atoms with van der Waals surface area (Å²) in [7, 11) is 0. The molecule has 7 rings (SSSR count). The Balaban J connectivity index is 1.18. The van der Waals surface area contributed by atoms with Crippen LogP contribution in [-0.4, -0.2) is 57.9 Å². The van der Waals surface area contributed by atoms with E-state index in [1.54, 1.807) is 0 Å². The molecule has 33 heavy (non-hydrogen) atoms. The molecule has 0 amide bonds. The van der Waals surface area contributed by atoms with E-state index in [2.05, 4.69) is 29.3 Å². The zero-order valence-corrected chi connectivity index (χ0v) is 19.7. The Hall–Kier alpha value is -1.27. The Morgan fingerprint density at radius 1 is 1.12 bits per heavy atom. The van der Waals surface area contributed by atoms with Gasteiger partial charge in [-0.3, -0.25) is 9.69 Å². The fourth-order valence-electron chi connectivity index (χ4n) is 9.81. The zero-order chi connectivity index (χ0) is 22.5. The van der Waals surface area contributed by atoms with Crippen LogP contribution in [-0.2, 0) is 0 Å². The standard InChI is InChI=1S/C28H38N2O3/c1-16(18-6-4-17(14-31)5-7-18)25-21-9-8-19-12-20-13-22(32)27(10-2-3-11-27)26(20)29-24(19)23(21)28(33)15-30(25)28/h4-7,14,16,19-26,29,32-33H,2-3,8-13,15H2,1H3/t16-,19-,20+,21+,22+,23-,24-,25+,26+,28-,30?/m1/s1. The van der Waals surface area contributed by atoms with E-state index >= 15 is 0 Å². The average Bonchev–Trinajstić information content (AvgIpc) is 3.14. The summed E-state index contributed by atoms with van der Waals surface area (Å²) in [5, 5.41) is 27.1. The lowest BCUT2D eigenvalue weighted by Crippen LogP contribution is -2.63. The fraction of sp³-hybridized carbons (Fsp3) is 0.750. The number of piperidine rings is 2. The van der Waals surface area contributed by atoms with Crippen LogP contribution < -0.4 is 5.32 Å². The second-order valence-corrected chi connectivity index (χ2v) is 12.5. The summed E-state index contributed by atoms with van der Waals surface area (Å²) in [6.07, 6.45) is 10.2. The lowest BCUT2D eigenvalue weighted by atomic mass is 9.60. The van der Waals surface area contributed by atoms with Gasteiger partial charge in [0.05, 0.1) is 6.10 Å². The number of aliphatic hydroxyl groups excluding tert-OH is 1. The van der Waals surface area contributed by atoms with Crippen molar-refractivity contribution in [2.24, 2.45) is 29.1 Å². The first-order valence-corrected chi connectivity index (χ1v) is 13.4. The molecule has 0 bridgehead atoms. The summed E-state index contributed by atoms with van der Waals surface area (Å²) in [5.74, 6) is 2.35. The lowest BCUT2D eigenvalue weighted by Gasteiger charge is -2.52. The lowest BCUT2D eigenvalue weighted by molar-refractivity contribution is -0.0370. The van der Waals surface area contributed by atoms with Crippen LogP contribution in [0.5, 0.6) is 0 Å². The fourth-order valence-corrected chi connectivity index (χ4v) is 9.81. The molecule has 1 aromatic rings. The molecule has 1 unspecified atom stereocenters. The highest BCUT2D eigenvalue weighted by Crippen LogP contribution is 2.64. The van der Waals surface area contributed by atoms with E-state index < -0.39 is 5.72 Å². The minimum Gasteiger partial charge on any atom is -0.392 e. The molecule has 5 heteroatoms. The van der Waals surface area contributed by atoms with Gasteiger partial charge in [-0.15, -0.1) is 0 Å². The van der Waals surface area contributed by atoms with Gasteiger partial charge in [-0.05, 0) is 67.8 Å². The Bertz CT molecular complexity index is 943. The summed E-state index contributed by atoms with van der Waals surface area (Å²) >= 11 is 0. The van der Waals surface area contributed by atoms with Crippen LogP contribution in [0, 0.1) is 29.1 Å². The maximum Gasteiger partial charge on any atom is 0.150 e. The summed E-state index contributed by atoms with van der Waals surface area (Å²) in [6.45, 7) is 3.10. The molecule has 3 N–H and O–H groups in total. The number of hydrogen-bond acceptors (Lipinski definition) is 5. The maximum atomic E-state index is 11.8. The molecule has 1 spiro atoms. The van der Waals surface area contributed by atoms with Gasteiger partial charge in [0.1, 0.15) is 12.0 Å². The molecule has 0 aromatic heterocycles. The highest BCUT2D eigenvalue weighted by molar-refractivity contribution is 5.74. The van der Waals surface area contributed by atoms with Crippen molar-refractivity contribution in [1.29, 1.82) is 0 Å². The van der Waals surface area contributed by atoms with Gasteiger partial charge in [0.15, 0.2) is 0 Å². The normalized spacial score (nSPS) is 49.7. The van der Waals surface area contributed by atoms with E-state index in [1.165, 1.54) is 50.5 Å². The van der Waals surface area contributed by atoms with Crippen LogP contribution in [0.25, 0.3) is 0 Å². The number of hydrogen-bond donors (Lipinski definition) is 3. The molecular weight excluding hydrogens is 412 g/mol. The first-order valence-electron chi connectivity index (χ1n) is 13.4. The zero-order valence-electron chi connectivity index (χ0n) is 19.7. The van der Waals surface area contributed by atoms with Gasteiger partial charge in [-0.25, -0.2) is 0 Å². The third-order valence-corrected chi connectivity index (χ3v) is 11.3. The molecule has 0 radical (unpaired) electrons. The number of nitrogens with one attached hydrogen (secondary N) is 1. The SMILES string of the molecule is C[C@H](c1ccc(C=O)cc1)[C@H]1[C@H]2CC[C@@H]3C[C@H]4C[C@H](O)C5(CCCC5)[C@H]4N[C@H]3[C@@H]2[C@]2(O)CN12. The summed E-state index contributed by atoms with van der Waals surface area (Å²) in [5.41, 5.74) is 1.41. The number of aldehydes is 1. The number of carbonyl (C=O) groups excluding carboxylic acids is 1. The average molecular weight is 451 g/mol. The van der Waals surface area contributed by atoms with Crippen LogP contribution in [0.1, 0.15) is 80.1 Å². The molecule has 3 aliphatic heterocycles. The molecule has 3 saturated heterocycles. The summed E-state index contributed by atoms with van der Waals surface area (Å²) in [4.78, 5) is 13.5. The molecule has 6 fully saturated rings. The first-order chi connectivity index (χ1) is 16.0. The topological polar surface area (TPSA) is 72.6 Å². The number of nitrogens with zero attached hydrogens (tertiary/aromatic N) is 1. The first kappa shape index (κ1) is 21.0. The second kappa shape index (κ2) is 7.13. The van der Waals surface area contributed by atoms with Gasteiger partial charge >= 0.3 is 0 Å². The van der Waals surface area contributed by atoms with Gasteiger partial charge in [0.25, 0.3) is 0 Å². The van der Waals surface area contributed by atoms with Gasteiger partial charge < -0.3 is 15.5 Å². The molecule has 178 valence electrons. The Labute approximate surface area is 196 Å². The maximum absolute atomic E-state index is 11.8. The molecule has 3 aliphatic carbocycles. The van der Waals surface area contributed by atoms with Crippen molar-refractivity contribution in [3.8, 4) is 0 Å². The van der Waals surface area contributed by atoms with Crippen molar-refractivity contribution in [1.82, 2.24) is 10.2 Å². The van der Waals surface area contributed by atoms with Gasteiger partial charge in [-0.2, -0.15) is 0 Å². The highest BCUT2D eigenvalue weighted by atomic mass is 16.3. The molecule has 1 aromatic carbocycles. The van der Waals surface area contributed by atoms with E-state index in [9.17, 15) is 15.0 Å². The third-order valence-electron chi connectivity index (χ3n) is 11.3. The van der Waals surface area contributed by atoms with Crippen LogP contribution in [0.15, 0.2) is 24.3 Å². The van der Waals surface area contributed by atoms with Gasteiger partial charge in [-0.1, -0.05) is 44.0 Å². The van der Waals surface area contributed by atoms with E-state index in [0.717, 1.165) is 24.8 Å². The number of fused-ring (bicyclic) bond motifs is 7. The number of rotatable bonds is 3. The van der Waals surface area contributed by atoms with Crippen molar-refractivity contribution in [2.45, 2.75) is 94.2 Å². The predicted molar refractivity (Wildman–Crippen MR) is 126 cm³/mol. The third kappa shape index (κ3) is 2.77. The van der Waals surface area contributed by atoms with Crippen molar-refractivity contribution in [3.05, 3.63) is 35.4 Å². The van der Waals surface area contributed by atoms with Crippen molar-refractivity contribution < 1.29 is 15.0 Å².